The van der Waals surface area contributed by atoms with Crippen molar-refractivity contribution >= 4 is 11.6 Å². The molecule has 1 N–H and O–H groups in total. The first-order chi connectivity index (χ1) is 7.74. The van der Waals surface area contributed by atoms with Crippen molar-refractivity contribution in [3.05, 3.63) is 34.9 Å². The van der Waals surface area contributed by atoms with Gasteiger partial charge < -0.3 is 10.2 Å². The minimum Gasteiger partial charge on any atom is -0.315 e. The van der Waals surface area contributed by atoms with Crippen LogP contribution in [0.25, 0.3) is 0 Å². The van der Waals surface area contributed by atoms with E-state index in [-0.39, 0.29) is 0 Å². The van der Waals surface area contributed by atoms with Gasteiger partial charge in [-0.1, -0.05) is 36.7 Å². The van der Waals surface area contributed by atoms with Gasteiger partial charge in [0.1, 0.15) is 0 Å². The molecule has 0 aliphatic rings. The van der Waals surface area contributed by atoms with Crippen LogP contribution in [0.15, 0.2) is 24.3 Å². The third-order valence-electron chi connectivity index (χ3n) is 2.74. The molecule has 0 heterocycles. The highest BCUT2D eigenvalue weighted by atomic mass is 35.5. The van der Waals surface area contributed by atoms with E-state index < -0.39 is 0 Å². The van der Waals surface area contributed by atoms with Crippen molar-refractivity contribution in [3.63, 3.8) is 0 Å². The summed E-state index contributed by atoms with van der Waals surface area (Å²) in [6.07, 6.45) is 0.996. The molecule has 0 atom stereocenters. The quantitative estimate of drug-likeness (QED) is 0.737. The summed E-state index contributed by atoms with van der Waals surface area (Å²) in [7, 11) is 2.13. The molecule has 0 aliphatic heterocycles. The number of benzene rings is 1. The van der Waals surface area contributed by atoms with Gasteiger partial charge in [0.15, 0.2) is 0 Å². The van der Waals surface area contributed by atoms with E-state index in [2.05, 4.69) is 30.3 Å². The van der Waals surface area contributed by atoms with Crippen molar-refractivity contribution in [2.75, 3.05) is 33.2 Å². The van der Waals surface area contributed by atoms with Crippen LogP contribution in [0.4, 0.5) is 0 Å². The highest BCUT2D eigenvalue weighted by Gasteiger charge is 1.98. The standard InChI is InChI=1S/C13H21ClN2/c1-3-16(2)11-10-15-9-8-12-6-4-5-7-13(12)14/h4-7,15H,3,8-11H2,1-2H3. The molecule has 0 unspecified atom stereocenters. The van der Waals surface area contributed by atoms with E-state index in [9.17, 15) is 0 Å². The van der Waals surface area contributed by atoms with Crippen LogP contribution >= 0.6 is 11.6 Å². The predicted molar refractivity (Wildman–Crippen MR) is 71.2 cm³/mol. The van der Waals surface area contributed by atoms with Crippen molar-refractivity contribution in [2.45, 2.75) is 13.3 Å². The largest absolute Gasteiger partial charge is 0.315 e. The summed E-state index contributed by atoms with van der Waals surface area (Å²) in [6.45, 7) is 6.39. The third-order valence-corrected chi connectivity index (χ3v) is 3.11. The fourth-order valence-electron chi connectivity index (χ4n) is 1.48. The minimum atomic E-state index is 0.870. The molecule has 0 radical (unpaired) electrons. The van der Waals surface area contributed by atoms with Gasteiger partial charge in [-0.15, -0.1) is 0 Å². The summed E-state index contributed by atoms with van der Waals surface area (Å²) in [5, 5.41) is 4.30. The Balaban J connectivity index is 2.14. The highest BCUT2D eigenvalue weighted by molar-refractivity contribution is 6.31. The molecule has 2 nitrogen and oxygen atoms in total. The van der Waals surface area contributed by atoms with Gasteiger partial charge in [-0.25, -0.2) is 0 Å². The Morgan fingerprint density at radius 1 is 1.25 bits per heavy atom. The zero-order valence-corrected chi connectivity index (χ0v) is 10.9. The molecule has 90 valence electrons. The van der Waals surface area contributed by atoms with Crippen LogP contribution in [0.1, 0.15) is 12.5 Å². The number of nitrogens with one attached hydrogen (secondary N) is 1. The van der Waals surface area contributed by atoms with Gasteiger partial charge in [0, 0.05) is 18.1 Å². The lowest BCUT2D eigenvalue weighted by atomic mass is 10.1. The molecule has 0 spiro atoms. The molecule has 3 heteroatoms. The lowest BCUT2D eigenvalue weighted by molar-refractivity contribution is 0.349. The second kappa shape index (κ2) is 7.66. The molecule has 0 fully saturated rings. The molecule has 0 aromatic heterocycles. The Bertz CT molecular complexity index is 302. The summed E-state index contributed by atoms with van der Waals surface area (Å²) < 4.78 is 0. The second-order valence-corrected chi connectivity index (χ2v) is 4.39. The molecular formula is C13H21ClN2. The zero-order valence-electron chi connectivity index (χ0n) is 10.2. The van der Waals surface area contributed by atoms with Gasteiger partial charge in [0.05, 0.1) is 0 Å². The molecule has 0 amide bonds. The molecule has 16 heavy (non-hydrogen) atoms. The minimum absolute atomic E-state index is 0.870. The van der Waals surface area contributed by atoms with Crippen LogP contribution in [0.3, 0.4) is 0 Å². The number of likely N-dealkylation sites (N-methyl/N-ethyl adjacent to an activating group) is 1. The molecule has 1 aromatic rings. The first-order valence-electron chi connectivity index (χ1n) is 5.86. The Morgan fingerprint density at radius 2 is 2.00 bits per heavy atom. The van der Waals surface area contributed by atoms with Crippen LogP contribution in [-0.2, 0) is 6.42 Å². The van der Waals surface area contributed by atoms with E-state index in [0.717, 1.165) is 37.6 Å². The summed E-state index contributed by atoms with van der Waals surface area (Å²) in [5.74, 6) is 0. The average Bonchev–Trinajstić information content (AvgIpc) is 2.30. The third kappa shape index (κ3) is 4.97. The lowest BCUT2D eigenvalue weighted by Gasteiger charge is -2.14. The number of hydrogen-bond donors (Lipinski definition) is 1. The maximum Gasteiger partial charge on any atom is 0.0438 e. The summed E-state index contributed by atoms with van der Waals surface area (Å²) in [6, 6.07) is 8.03. The Labute approximate surface area is 104 Å². The highest BCUT2D eigenvalue weighted by Crippen LogP contribution is 2.14. The Kier molecular flexibility index (Phi) is 6.46. The first kappa shape index (κ1) is 13.5. The van der Waals surface area contributed by atoms with Gasteiger partial charge in [-0.3, -0.25) is 0 Å². The van der Waals surface area contributed by atoms with Crippen molar-refractivity contribution in [1.29, 1.82) is 0 Å². The average molecular weight is 241 g/mol. The summed E-state index contributed by atoms with van der Waals surface area (Å²) in [5.41, 5.74) is 1.22. The van der Waals surface area contributed by atoms with Crippen molar-refractivity contribution < 1.29 is 0 Å². The first-order valence-corrected chi connectivity index (χ1v) is 6.24. The summed E-state index contributed by atoms with van der Waals surface area (Å²) >= 11 is 6.07. The maximum absolute atomic E-state index is 6.07. The van der Waals surface area contributed by atoms with Crippen LogP contribution in [-0.4, -0.2) is 38.1 Å². The van der Waals surface area contributed by atoms with Crippen molar-refractivity contribution in [3.8, 4) is 0 Å². The predicted octanol–water partition coefficient (Wildman–Crippen LogP) is 2.42. The van der Waals surface area contributed by atoms with Gasteiger partial charge in [-0.2, -0.15) is 0 Å². The Hall–Kier alpha value is -0.570. The van der Waals surface area contributed by atoms with E-state index in [0.29, 0.717) is 0 Å². The SMILES string of the molecule is CCN(C)CCNCCc1ccccc1Cl. The Morgan fingerprint density at radius 3 is 2.69 bits per heavy atom. The number of rotatable bonds is 7. The topological polar surface area (TPSA) is 15.3 Å². The second-order valence-electron chi connectivity index (χ2n) is 3.99. The van der Waals surface area contributed by atoms with E-state index in [4.69, 9.17) is 11.6 Å². The van der Waals surface area contributed by atoms with E-state index in [1.54, 1.807) is 0 Å². The normalized spacial score (nSPS) is 11.0. The molecular weight excluding hydrogens is 220 g/mol. The number of nitrogens with zero attached hydrogens (tertiary/aromatic N) is 1. The van der Waals surface area contributed by atoms with E-state index in [1.807, 2.05) is 18.2 Å². The van der Waals surface area contributed by atoms with Crippen LogP contribution in [0, 0.1) is 0 Å². The van der Waals surface area contributed by atoms with Gasteiger partial charge in [-0.05, 0) is 38.2 Å². The molecule has 0 saturated heterocycles. The smallest absolute Gasteiger partial charge is 0.0438 e. The van der Waals surface area contributed by atoms with Crippen LogP contribution in [0.2, 0.25) is 5.02 Å². The molecule has 1 rings (SSSR count). The van der Waals surface area contributed by atoms with Crippen molar-refractivity contribution in [1.82, 2.24) is 10.2 Å². The zero-order chi connectivity index (χ0) is 11.8. The number of halogens is 1. The van der Waals surface area contributed by atoms with Crippen molar-refractivity contribution in [2.24, 2.45) is 0 Å². The van der Waals surface area contributed by atoms with Gasteiger partial charge in [0.25, 0.3) is 0 Å². The fourth-order valence-corrected chi connectivity index (χ4v) is 1.71. The molecule has 1 aromatic carbocycles. The van der Waals surface area contributed by atoms with Gasteiger partial charge in [0.2, 0.25) is 0 Å². The lowest BCUT2D eigenvalue weighted by Crippen LogP contribution is -2.30. The number of hydrogen-bond acceptors (Lipinski definition) is 2. The van der Waals surface area contributed by atoms with Gasteiger partial charge >= 0.3 is 0 Å². The van der Waals surface area contributed by atoms with E-state index >= 15 is 0 Å². The fraction of sp³-hybridized carbons (Fsp3) is 0.538. The maximum atomic E-state index is 6.07. The molecule has 0 aliphatic carbocycles. The molecule has 0 saturated carbocycles. The summed E-state index contributed by atoms with van der Waals surface area (Å²) in [4.78, 5) is 2.29. The molecule has 0 bridgehead atoms. The van der Waals surface area contributed by atoms with Crippen LogP contribution in [0.5, 0.6) is 0 Å². The van der Waals surface area contributed by atoms with E-state index in [1.165, 1.54) is 5.56 Å². The van der Waals surface area contributed by atoms with Crippen LogP contribution < -0.4 is 5.32 Å². The monoisotopic (exact) mass is 240 g/mol.